The lowest BCUT2D eigenvalue weighted by Crippen LogP contribution is -2.15. The van der Waals surface area contributed by atoms with Crippen molar-refractivity contribution in [3.63, 3.8) is 0 Å². The van der Waals surface area contributed by atoms with Crippen LogP contribution in [-0.4, -0.2) is 14.1 Å². The minimum Gasteiger partial charge on any atom is -0.344 e. The Morgan fingerprint density at radius 2 is 1.79 bits per heavy atom. The van der Waals surface area contributed by atoms with Crippen molar-refractivity contribution in [2.75, 3.05) is 19.0 Å². The highest BCUT2D eigenvalue weighted by Gasteiger charge is 2.09. The molecular formula is C16H19BrN2. The Hall–Kier alpha value is -1.32. The molecule has 0 aliphatic rings. The summed E-state index contributed by atoms with van der Waals surface area (Å²) in [6.07, 6.45) is 0. The average molecular weight is 319 g/mol. The van der Waals surface area contributed by atoms with Crippen LogP contribution in [0.1, 0.15) is 11.1 Å². The highest BCUT2D eigenvalue weighted by molar-refractivity contribution is 9.10. The second kappa shape index (κ2) is 6.22. The van der Waals surface area contributed by atoms with Crippen molar-refractivity contribution in [3.8, 4) is 0 Å². The van der Waals surface area contributed by atoms with Gasteiger partial charge in [0.1, 0.15) is 0 Å². The lowest BCUT2D eigenvalue weighted by atomic mass is 10.1. The van der Waals surface area contributed by atoms with Crippen LogP contribution in [0.15, 0.2) is 46.9 Å². The lowest BCUT2D eigenvalue weighted by Gasteiger charge is -2.23. The Bertz CT molecular complexity index is 549. The minimum atomic E-state index is 0.852. The fourth-order valence-corrected chi connectivity index (χ4v) is 2.53. The number of halogens is 1. The standard InChI is InChI=1S/C16H19BrN2/c1-12-4-7-15(8-5-12)19(3)16-9-6-14(17)10-13(16)11-18-2/h4-10,18H,11H2,1-3H3. The van der Waals surface area contributed by atoms with Gasteiger partial charge in [-0.15, -0.1) is 0 Å². The van der Waals surface area contributed by atoms with Gasteiger partial charge in [0.25, 0.3) is 0 Å². The van der Waals surface area contributed by atoms with Crippen molar-refractivity contribution >= 4 is 27.3 Å². The smallest absolute Gasteiger partial charge is 0.0454 e. The number of aryl methyl sites for hydroxylation is 1. The molecule has 2 rings (SSSR count). The summed E-state index contributed by atoms with van der Waals surface area (Å²) in [5.74, 6) is 0. The van der Waals surface area contributed by atoms with Crippen LogP contribution >= 0.6 is 15.9 Å². The molecule has 0 saturated carbocycles. The summed E-state index contributed by atoms with van der Waals surface area (Å²) in [7, 11) is 4.07. The highest BCUT2D eigenvalue weighted by Crippen LogP contribution is 2.29. The fraction of sp³-hybridized carbons (Fsp3) is 0.250. The number of hydrogen-bond acceptors (Lipinski definition) is 2. The second-order valence-electron chi connectivity index (χ2n) is 4.70. The van der Waals surface area contributed by atoms with Crippen molar-refractivity contribution in [2.45, 2.75) is 13.5 Å². The van der Waals surface area contributed by atoms with Gasteiger partial charge in [0.2, 0.25) is 0 Å². The van der Waals surface area contributed by atoms with Crippen molar-refractivity contribution < 1.29 is 0 Å². The molecule has 0 bridgehead atoms. The van der Waals surface area contributed by atoms with Crippen LogP contribution in [0.25, 0.3) is 0 Å². The molecule has 0 saturated heterocycles. The van der Waals surface area contributed by atoms with Crippen LogP contribution in [0.4, 0.5) is 11.4 Å². The van der Waals surface area contributed by atoms with Gasteiger partial charge in [-0.3, -0.25) is 0 Å². The Morgan fingerprint density at radius 1 is 1.11 bits per heavy atom. The van der Waals surface area contributed by atoms with Crippen molar-refractivity contribution in [3.05, 3.63) is 58.1 Å². The molecule has 0 fully saturated rings. The molecule has 0 radical (unpaired) electrons. The van der Waals surface area contributed by atoms with Gasteiger partial charge in [-0.25, -0.2) is 0 Å². The van der Waals surface area contributed by atoms with Crippen LogP contribution in [-0.2, 0) is 6.54 Å². The predicted octanol–water partition coefficient (Wildman–Crippen LogP) is 4.24. The van der Waals surface area contributed by atoms with E-state index in [1.807, 2.05) is 7.05 Å². The monoisotopic (exact) mass is 318 g/mol. The number of rotatable bonds is 4. The molecular weight excluding hydrogens is 300 g/mol. The minimum absolute atomic E-state index is 0.852. The van der Waals surface area contributed by atoms with Gasteiger partial charge in [-0.05, 0) is 49.9 Å². The van der Waals surface area contributed by atoms with E-state index in [4.69, 9.17) is 0 Å². The maximum atomic E-state index is 3.53. The van der Waals surface area contributed by atoms with E-state index < -0.39 is 0 Å². The first kappa shape index (κ1) is 14.1. The zero-order chi connectivity index (χ0) is 13.8. The quantitative estimate of drug-likeness (QED) is 0.906. The molecule has 2 aromatic rings. The van der Waals surface area contributed by atoms with E-state index in [9.17, 15) is 0 Å². The maximum absolute atomic E-state index is 3.53. The first-order valence-corrected chi connectivity index (χ1v) is 7.14. The Kier molecular flexibility index (Phi) is 4.61. The molecule has 0 spiro atoms. The highest BCUT2D eigenvalue weighted by atomic mass is 79.9. The Balaban J connectivity index is 2.37. The van der Waals surface area contributed by atoms with Crippen LogP contribution in [0.5, 0.6) is 0 Å². The maximum Gasteiger partial charge on any atom is 0.0454 e. The van der Waals surface area contributed by atoms with E-state index in [-0.39, 0.29) is 0 Å². The topological polar surface area (TPSA) is 15.3 Å². The van der Waals surface area contributed by atoms with E-state index >= 15 is 0 Å². The van der Waals surface area contributed by atoms with Gasteiger partial charge in [0.05, 0.1) is 0 Å². The first-order chi connectivity index (χ1) is 9.11. The third-order valence-corrected chi connectivity index (χ3v) is 3.68. The molecule has 0 aliphatic carbocycles. The third kappa shape index (κ3) is 3.37. The van der Waals surface area contributed by atoms with E-state index in [1.165, 1.54) is 22.5 Å². The molecule has 3 heteroatoms. The van der Waals surface area contributed by atoms with Gasteiger partial charge in [0.15, 0.2) is 0 Å². The normalized spacial score (nSPS) is 10.5. The molecule has 0 heterocycles. The van der Waals surface area contributed by atoms with Gasteiger partial charge < -0.3 is 10.2 Å². The number of nitrogens with one attached hydrogen (secondary N) is 1. The van der Waals surface area contributed by atoms with Crippen LogP contribution in [0.3, 0.4) is 0 Å². The van der Waals surface area contributed by atoms with Crippen molar-refractivity contribution in [1.29, 1.82) is 0 Å². The molecule has 0 atom stereocenters. The van der Waals surface area contributed by atoms with Gasteiger partial charge in [0, 0.05) is 29.4 Å². The summed E-state index contributed by atoms with van der Waals surface area (Å²) in [6.45, 7) is 2.96. The van der Waals surface area contributed by atoms with E-state index in [1.54, 1.807) is 0 Å². The average Bonchev–Trinajstić information content (AvgIpc) is 2.39. The molecule has 0 aromatic heterocycles. The summed E-state index contributed by atoms with van der Waals surface area (Å²) in [5, 5.41) is 3.22. The van der Waals surface area contributed by atoms with E-state index in [2.05, 4.69) is 82.6 Å². The molecule has 2 nitrogen and oxygen atoms in total. The summed E-state index contributed by atoms with van der Waals surface area (Å²) in [5.41, 5.74) is 4.98. The molecule has 0 amide bonds. The van der Waals surface area contributed by atoms with E-state index in [0.29, 0.717) is 0 Å². The summed E-state index contributed by atoms with van der Waals surface area (Å²) < 4.78 is 1.11. The number of hydrogen-bond donors (Lipinski definition) is 1. The molecule has 0 aliphatic heterocycles. The van der Waals surface area contributed by atoms with Crippen molar-refractivity contribution in [2.24, 2.45) is 0 Å². The number of benzene rings is 2. The third-order valence-electron chi connectivity index (χ3n) is 3.19. The molecule has 100 valence electrons. The molecule has 0 unspecified atom stereocenters. The number of anilines is 2. The zero-order valence-electron chi connectivity index (χ0n) is 11.6. The lowest BCUT2D eigenvalue weighted by molar-refractivity contribution is 0.815. The predicted molar refractivity (Wildman–Crippen MR) is 86.1 cm³/mol. The van der Waals surface area contributed by atoms with E-state index in [0.717, 1.165) is 11.0 Å². The van der Waals surface area contributed by atoms with Crippen LogP contribution < -0.4 is 10.2 Å². The fourth-order valence-electron chi connectivity index (χ4n) is 2.12. The SMILES string of the molecule is CNCc1cc(Br)ccc1N(C)c1ccc(C)cc1. The van der Waals surface area contributed by atoms with Crippen LogP contribution in [0, 0.1) is 6.92 Å². The Morgan fingerprint density at radius 3 is 2.42 bits per heavy atom. The summed E-state index contributed by atoms with van der Waals surface area (Å²) in [6, 6.07) is 15.0. The zero-order valence-corrected chi connectivity index (χ0v) is 13.2. The first-order valence-electron chi connectivity index (χ1n) is 6.35. The molecule has 19 heavy (non-hydrogen) atoms. The van der Waals surface area contributed by atoms with Crippen LogP contribution in [0.2, 0.25) is 0 Å². The number of nitrogens with zero attached hydrogens (tertiary/aromatic N) is 1. The van der Waals surface area contributed by atoms with Gasteiger partial charge in [-0.1, -0.05) is 33.6 Å². The molecule has 1 N–H and O–H groups in total. The van der Waals surface area contributed by atoms with Gasteiger partial charge >= 0.3 is 0 Å². The second-order valence-corrected chi connectivity index (χ2v) is 5.61. The summed E-state index contributed by atoms with van der Waals surface area (Å²) in [4.78, 5) is 2.22. The van der Waals surface area contributed by atoms with Gasteiger partial charge in [-0.2, -0.15) is 0 Å². The Labute approximate surface area is 123 Å². The van der Waals surface area contributed by atoms with Crippen molar-refractivity contribution in [1.82, 2.24) is 5.32 Å². The molecule has 2 aromatic carbocycles. The largest absolute Gasteiger partial charge is 0.344 e. The summed E-state index contributed by atoms with van der Waals surface area (Å²) >= 11 is 3.53.